The van der Waals surface area contributed by atoms with Crippen LogP contribution in [-0.2, 0) is 7.05 Å². The zero-order valence-corrected chi connectivity index (χ0v) is 8.87. The lowest BCUT2D eigenvalue weighted by Gasteiger charge is -1.98. The largest absolute Gasteiger partial charge is 0.400 e. The Balaban J connectivity index is 3.14. The highest BCUT2D eigenvalue weighted by atomic mass is 79.9. The highest BCUT2D eigenvalue weighted by molar-refractivity contribution is 9.10. The minimum absolute atomic E-state index is 0.166. The van der Waals surface area contributed by atoms with Crippen LogP contribution in [-0.4, -0.2) is 16.3 Å². The first kappa shape index (κ1) is 10.1. The number of aliphatic hydroxyl groups is 1. The van der Waals surface area contributed by atoms with Gasteiger partial charge < -0.3 is 21.1 Å². The van der Waals surface area contributed by atoms with Crippen LogP contribution in [0.25, 0.3) is 6.08 Å². The molecule has 5 N–H and O–H groups in total. The molecular weight excluding hydrogens is 234 g/mol. The number of anilines is 1. The number of hydrogen-bond acceptors (Lipinski definition) is 3. The average molecular weight is 246 g/mol. The molecule has 0 bridgehead atoms. The zero-order chi connectivity index (χ0) is 10.0. The maximum atomic E-state index is 8.73. The molecular formula is C8H12BrN3O. The van der Waals surface area contributed by atoms with Crippen molar-refractivity contribution in [2.75, 3.05) is 12.3 Å². The van der Waals surface area contributed by atoms with Crippen LogP contribution in [0.3, 0.4) is 0 Å². The molecule has 0 aliphatic heterocycles. The number of aliphatic hydroxyl groups excluding tert-OH is 1. The molecule has 1 rings (SSSR count). The van der Waals surface area contributed by atoms with E-state index in [4.69, 9.17) is 16.6 Å². The Labute approximate surface area is 85.0 Å². The first-order valence-electron chi connectivity index (χ1n) is 3.73. The summed E-state index contributed by atoms with van der Waals surface area (Å²) in [6.07, 6.45) is 3.49. The smallest absolute Gasteiger partial charge is 0.111 e. The van der Waals surface area contributed by atoms with Crippen molar-refractivity contribution in [3.05, 3.63) is 21.9 Å². The Morgan fingerprint density at radius 1 is 1.77 bits per heavy atom. The molecule has 0 radical (unpaired) electrons. The van der Waals surface area contributed by atoms with E-state index in [1.807, 2.05) is 13.2 Å². The van der Waals surface area contributed by atoms with Crippen molar-refractivity contribution in [2.45, 2.75) is 0 Å². The fourth-order valence-electron chi connectivity index (χ4n) is 0.995. The predicted octanol–water partition coefficient (Wildman–Crippen LogP) is 0.662. The van der Waals surface area contributed by atoms with Crippen LogP contribution in [0.15, 0.2) is 16.4 Å². The number of nitrogens with zero attached hydrogens (tertiary/aromatic N) is 1. The molecule has 1 aromatic rings. The molecule has 0 fully saturated rings. The van der Waals surface area contributed by atoms with E-state index in [9.17, 15) is 0 Å². The van der Waals surface area contributed by atoms with E-state index in [-0.39, 0.29) is 6.61 Å². The Morgan fingerprint density at radius 2 is 2.38 bits per heavy atom. The van der Waals surface area contributed by atoms with E-state index in [2.05, 4.69) is 15.9 Å². The van der Waals surface area contributed by atoms with Gasteiger partial charge in [-0.2, -0.15) is 0 Å². The lowest BCUT2D eigenvalue weighted by Crippen LogP contribution is -2.02. The summed E-state index contributed by atoms with van der Waals surface area (Å²) in [5.74, 6) is 0.614. The number of aromatic nitrogens is 1. The maximum Gasteiger partial charge on any atom is 0.111 e. The lowest BCUT2D eigenvalue weighted by atomic mass is 10.2. The fourth-order valence-corrected chi connectivity index (χ4v) is 1.62. The molecule has 0 aliphatic rings. The second-order valence-corrected chi connectivity index (χ2v) is 3.62. The summed E-state index contributed by atoms with van der Waals surface area (Å²) in [4.78, 5) is 0. The summed E-state index contributed by atoms with van der Waals surface area (Å²) >= 11 is 3.34. The molecule has 4 nitrogen and oxygen atoms in total. The Kier molecular flexibility index (Phi) is 3.00. The second kappa shape index (κ2) is 3.85. The Hall–Kier alpha value is -0.940. The van der Waals surface area contributed by atoms with Crippen molar-refractivity contribution in [1.82, 2.24) is 4.57 Å². The first-order chi connectivity index (χ1) is 6.06. The molecule has 0 aliphatic carbocycles. The van der Waals surface area contributed by atoms with Crippen LogP contribution >= 0.6 is 15.9 Å². The van der Waals surface area contributed by atoms with Crippen molar-refractivity contribution in [3.63, 3.8) is 0 Å². The monoisotopic (exact) mass is 245 g/mol. The van der Waals surface area contributed by atoms with E-state index in [1.165, 1.54) is 0 Å². The fraction of sp³-hybridized carbons (Fsp3) is 0.250. The van der Waals surface area contributed by atoms with Crippen LogP contribution in [0, 0.1) is 0 Å². The topological polar surface area (TPSA) is 77.2 Å². The molecule has 1 aromatic heterocycles. The summed E-state index contributed by atoms with van der Waals surface area (Å²) in [5.41, 5.74) is 12.4. The van der Waals surface area contributed by atoms with Crippen molar-refractivity contribution >= 4 is 27.8 Å². The summed E-state index contributed by atoms with van der Waals surface area (Å²) in [7, 11) is 1.84. The van der Waals surface area contributed by atoms with Crippen LogP contribution in [0.2, 0.25) is 0 Å². The van der Waals surface area contributed by atoms with Crippen LogP contribution < -0.4 is 11.5 Å². The van der Waals surface area contributed by atoms with E-state index in [0.29, 0.717) is 11.5 Å². The van der Waals surface area contributed by atoms with Gasteiger partial charge in [0.2, 0.25) is 0 Å². The van der Waals surface area contributed by atoms with Gasteiger partial charge in [-0.05, 0) is 22.0 Å². The number of hydrogen-bond donors (Lipinski definition) is 3. The minimum Gasteiger partial charge on any atom is -0.400 e. The van der Waals surface area contributed by atoms with Gasteiger partial charge in [-0.3, -0.25) is 0 Å². The van der Waals surface area contributed by atoms with Crippen LogP contribution in [0.5, 0.6) is 0 Å². The molecule has 5 heteroatoms. The zero-order valence-electron chi connectivity index (χ0n) is 7.29. The van der Waals surface area contributed by atoms with Gasteiger partial charge in [0, 0.05) is 29.0 Å². The van der Waals surface area contributed by atoms with Crippen molar-refractivity contribution in [3.8, 4) is 0 Å². The predicted molar refractivity (Wildman–Crippen MR) is 56.8 cm³/mol. The van der Waals surface area contributed by atoms with Gasteiger partial charge in [-0.1, -0.05) is 0 Å². The summed E-state index contributed by atoms with van der Waals surface area (Å²) in [6, 6.07) is 0. The SMILES string of the molecule is Cn1cc(Br)c(/C=C(\N)CO)c1N. The van der Waals surface area contributed by atoms with E-state index >= 15 is 0 Å². The molecule has 0 atom stereocenters. The lowest BCUT2D eigenvalue weighted by molar-refractivity contribution is 0.331. The standard InChI is InChI=1S/C8H12BrN3O/c1-12-3-7(9)6(8(12)11)2-5(10)4-13/h2-3,13H,4,10-11H2,1H3/b5-2-. The molecule has 1 heterocycles. The van der Waals surface area contributed by atoms with Gasteiger partial charge in [0.15, 0.2) is 0 Å². The molecule has 0 amide bonds. The highest BCUT2D eigenvalue weighted by Gasteiger charge is 2.06. The third kappa shape index (κ3) is 2.05. The number of nitrogen functional groups attached to an aromatic ring is 1. The number of aryl methyl sites for hydroxylation is 1. The van der Waals surface area contributed by atoms with E-state index < -0.39 is 0 Å². The third-order valence-electron chi connectivity index (χ3n) is 1.73. The molecule has 13 heavy (non-hydrogen) atoms. The first-order valence-corrected chi connectivity index (χ1v) is 4.52. The normalized spacial score (nSPS) is 12.1. The molecule has 0 aromatic carbocycles. The highest BCUT2D eigenvalue weighted by Crippen LogP contribution is 2.26. The Morgan fingerprint density at radius 3 is 2.77 bits per heavy atom. The molecule has 0 unspecified atom stereocenters. The van der Waals surface area contributed by atoms with Gasteiger partial charge in [-0.15, -0.1) is 0 Å². The average Bonchev–Trinajstić information content (AvgIpc) is 2.32. The van der Waals surface area contributed by atoms with Gasteiger partial charge >= 0.3 is 0 Å². The summed E-state index contributed by atoms with van der Waals surface area (Å²) in [6.45, 7) is -0.166. The summed E-state index contributed by atoms with van der Waals surface area (Å²) < 4.78 is 2.64. The minimum atomic E-state index is -0.166. The molecule has 0 saturated carbocycles. The second-order valence-electron chi connectivity index (χ2n) is 2.76. The maximum absolute atomic E-state index is 8.73. The number of halogens is 1. The van der Waals surface area contributed by atoms with E-state index in [0.717, 1.165) is 10.0 Å². The number of nitrogens with two attached hydrogens (primary N) is 2. The quantitative estimate of drug-likeness (QED) is 0.717. The molecule has 0 saturated heterocycles. The number of rotatable bonds is 2. The van der Waals surface area contributed by atoms with Crippen molar-refractivity contribution in [2.24, 2.45) is 12.8 Å². The van der Waals surface area contributed by atoms with E-state index in [1.54, 1.807) is 10.6 Å². The molecule has 72 valence electrons. The van der Waals surface area contributed by atoms with Crippen molar-refractivity contribution < 1.29 is 5.11 Å². The Bertz CT molecular complexity index is 343. The van der Waals surface area contributed by atoms with Gasteiger partial charge in [0.25, 0.3) is 0 Å². The summed E-state index contributed by atoms with van der Waals surface area (Å²) in [5, 5.41) is 8.73. The van der Waals surface area contributed by atoms with Gasteiger partial charge in [0.05, 0.1) is 6.61 Å². The van der Waals surface area contributed by atoms with Gasteiger partial charge in [-0.25, -0.2) is 0 Å². The third-order valence-corrected chi connectivity index (χ3v) is 2.36. The van der Waals surface area contributed by atoms with Crippen molar-refractivity contribution in [1.29, 1.82) is 0 Å². The molecule has 0 spiro atoms. The van der Waals surface area contributed by atoms with Crippen LogP contribution in [0.4, 0.5) is 5.82 Å². The van der Waals surface area contributed by atoms with Crippen LogP contribution in [0.1, 0.15) is 5.56 Å². The van der Waals surface area contributed by atoms with Gasteiger partial charge in [0.1, 0.15) is 5.82 Å².